The number of nitro benzene ring substituents is 1. The van der Waals surface area contributed by atoms with Gasteiger partial charge in [0.15, 0.2) is 0 Å². The number of non-ortho nitro benzene ring substituents is 1. The molecule has 7 nitrogen and oxygen atoms in total. The quantitative estimate of drug-likeness (QED) is 0.367. The van der Waals surface area contributed by atoms with Crippen LogP contribution in [0.3, 0.4) is 0 Å². The summed E-state index contributed by atoms with van der Waals surface area (Å²) in [6.45, 7) is 1.36. The van der Waals surface area contributed by atoms with E-state index in [1.54, 1.807) is 12.1 Å². The molecule has 1 amide bonds. The summed E-state index contributed by atoms with van der Waals surface area (Å²) >= 11 is 6.04. The van der Waals surface area contributed by atoms with Crippen molar-refractivity contribution < 1.29 is 14.5 Å². The number of aryl methyl sites for hydroxylation is 1. The molecule has 0 aliphatic carbocycles. The van der Waals surface area contributed by atoms with Crippen LogP contribution in [0.5, 0.6) is 0 Å². The fourth-order valence-electron chi connectivity index (χ4n) is 3.83. The van der Waals surface area contributed by atoms with Gasteiger partial charge in [0, 0.05) is 35.1 Å². The molecule has 3 aromatic rings. The van der Waals surface area contributed by atoms with Gasteiger partial charge in [-0.3, -0.25) is 15.4 Å². The summed E-state index contributed by atoms with van der Waals surface area (Å²) < 4.78 is 5.81. The molecular formula is C24H22ClN3O4. The van der Waals surface area contributed by atoms with Crippen LogP contribution in [0, 0.1) is 10.1 Å². The van der Waals surface area contributed by atoms with E-state index < -0.39 is 17.1 Å². The van der Waals surface area contributed by atoms with E-state index in [0.717, 1.165) is 30.6 Å². The van der Waals surface area contributed by atoms with Gasteiger partial charge in [0.1, 0.15) is 6.10 Å². The number of fused-ring (bicyclic) bond motifs is 1. The number of hydrogen-bond acceptors (Lipinski definition) is 5. The lowest BCUT2D eigenvalue weighted by Crippen LogP contribution is -2.35. The van der Waals surface area contributed by atoms with Gasteiger partial charge in [-0.25, -0.2) is 4.79 Å². The minimum absolute atomic E-state index is 0.0493. The van der Waals surface area contributed by atoms with Crippen LogP contribution in [-0.2, 0) is 11.2 Å². The second-order valence-corrected chi connectivity index (χ2v) is 7.99. The molecule has 1 aliphatic rings. The highest BCUT2D eigenvalue weighted by Gasteiger charge is 2.24. The average Bonchev–Trinajstić information content (AvgIpc) is 2.80. The second kappa shape index (κ2) is 9.70. The molecule has 0 fully saturated rings. The Labute approximate surface area is 190 Å². The number of hydrogen-bond donors (Lipinski definition) is 1. The number of benzene rings is 3. The molecule has 0 saturated carbocycles. The van der Waals surface area contributed by atoms with Gasteiger partial charge in [0.25, 0.3) is 5.69 Å². The predicted octanol–water partition coefficient (Wildman–Crippen LogP) is 5.99. The van der Waals surface area contributed by atoms with E-state index in [2.05, 4.69) is 22.3 Å². The molecule has 0 saturated heterocycles. The van der Waals surface area contributed by atoms with Crippen LogP contribution < -0.4 is 10.2 Å². The summed E-state index contributed by atoms with van der Waals surface area (Å²) in [5.41, 5.74) is 3.63. The Hall–Kier alpha value is -3.58. The van der Waals surface area contributed by atoms with Crippen molar-refractivity contribution in [2.24, 2.45) is 0 Å². The largest absolute Gasteiger partial charge is 0.439 e. The molecule has 1 heterocycles. The number of carbonyl (C=O) groups excluding carboxylic acids is 1. The van der Waals surface area contributed by atoms with Crippen LogP contribution in [-0.4, -0.2) is 24.1 Å². The molecule has 0 aromatic heterocycles. The molecule has 8 heteroatoms. The third-order valence-corrected chi connectivity index (χ3v) is 5.66. The zero-order chi connectivity index (χ0) is 22.5. The van der Waals surface area contributed by atoms with Crippen molar-refractivity contribution in [1.29, 1.82) is 0 Å². The van der Waals surface area contributed by atoms with Crippen LogP contribution in [0.2, 0.25) is 5.02 Å². The van der Waals surface area contributed by atoms with Gasteiger partial charge in [0.2, 0.25) is 0 Å². The predicted molar refractivity (Wildman–Crippen MR) is 124 cm³/mol. The van der Waals surface area contributed by atoms with Crippen LogP contribution in [0.4, 0.5) is 21.9 Å². The molecule has 0 radical (unpaired) electrons. The first-order valence-corrected chi connectivity index (χ1v) is 10.7. The first kappa shape index (κ1) is 21.6. The number of ether oxygens (including phenoxy) is 1. The highest BCUT2D eigenvalue weighted by Crippen LogP contribution is 2.30. The van der Waals surface area contributed by atoms with Crippen LogP contribution >= 0.6 is 11.6 Å². The molecule has 164 valence electrons. The Balaban J connectivity index is 1.51. The maximum atomic E-state index is 12.7. The molecule has 3 aromatic carbocycles. The van der Waals surface area contributed by atoms with Gasteiger partial charge in [-0.05, 0) is 54.3 Å². The van der Waals surface area contributed by atoms with E-state index in [9.17, 15) is 14.9 Å². The Morgan fingerprint density at radius 1 is 1.09 bits per heavy atom. The fraction of sp³-hybridized carbons (Fsp3) is 0.208. The number of anilines is 2. The van der Waals surface area contributed by atoms with Gasteiger partial charge >= 0.3 is 6.09 Å². The normalized spacial score (nSPS) is 13.7. The third-order valence-electron chi connectivity index (χ3n) is 5.41. The lowest BCUT2D eigenvalue weighted by molar-refractivity contribution is -0.384. The first-order chi connectivity index (χ1) is 15.5. The third kappa shape index (κ3) is 5.18. The number of halogens is 1. The fourth-order valence-corrected chi connectivity index (χ4v) is 3.96. The van der Waals surface area contributed by atoms with Crippen molar-refractivity contribution in [1.82, 2.24) is 0 Å². The van der Waals surface area contributed by atoms with E-state index in [1.165, 1.54) is 29.8 Å². The Kier molecular flexibility index (Phi) is 6.56. The topological polar surface area (TPSA) is 84.7 Å². The minimum Gasteiger partial charge on any atom is -0.439 e. The molecule has 1 N–H and O–H groups in total. The average molecular weight is 452 g/mol. The van der Waals surface area contributed by atoms with Crippen molar-refractivity contribution in [2.45, 2.75) is 18.9 Å². The van der Waals surface area contributed by atoms with Gasteiger partial charge in [-0.2, -0.15) is 0 Å². The maximum Gasteiger partial charge on any atom is 0.412 e. The monoisotopic (exact) mass is 451 g/mol. The van der Waals surface area contributed by atoms with Crippen LogP contribution in [0.1, 0.15) is 23.7 Å². The number of amides is 1. The molecule has 1 atom stereocenters. The second-order valence-electron chi connectivity index (χ2n) is 7.55. The van der Waals surface area contributed by atoms with Gasteiger partial charge in [0.05, 0.1) is 11.5 Å². The summed E-state index contributed by atoms with van der Waals surface area (Å²) in [4.78, 5) is 25.2. The van der Waals surface area contributed by atoms with Gasteiger partial charge in [-0.15, -0.1) is 0 Å². The van der Waals surface area contributed by atoms with Crippen molar-refractivity contribution >= 4 is 34.8 Å². The van der Waals surface area contributed by atoms with Crippen LogP contribution in [0.25, 0.3) is 0 Å². The summed E-state index contributed by atoms with van der Waals surface area (Å²) in [6.07, 6.45) is 0.889. The summed E-state index contributed by atoms with van der Waals surface area (Å²) in [5.74, 6) is 0. The molecule has 0 bridgehead atoms. The first-order valence-electron chi connectivity index (χ1n) is 10.3. The molecule has 4 rings (SSSR count). The molecule has 1 unspecified atom stereocenters. The van der Waals surface area contributed by atoms with E-state index in [4.69, 9.17) is 16.3 Å². The Morgan fingerprint density at radius 2 is 1.81 bits per heavy atom. The number of nitrogens with zero attached hydrogens (tertiary/aromatic N) is 2. The molecule has 32 heavy (non-hydrogen) atoms. The van der Waals surface area contributed by atoms with E-state index >= 15 is 0 Å². The standard InChI is InChI=1S/C24H22ClN3O4/c25-19-9-7-18(8-10-19)23(16-27-15-3-5-17-4-1-2-6-22(17)27)32-24(29)26-20-11-13-21(14-12-20)28(30)31/h1-2,4,6-14,23H,3,5,15-16H2,(H,26,29). The number of carbonyl (C=O) groups is 1. The maximum absolute atomic E-state index is 12.7. The van der Waals surface area contributed by atoms with E-state index in [-0.39, 0.29) is 5.69 Å². The number of nitro groups is 1. The van der Waals surface area contributed by atoms with Gasteiger partial charge in [-0.1, -0.05) is 41.9 Å². The van der Waals surface area contributed by atoms with Crippen molar-refractivity contribution in [3.8, 4) is 0 Å². The summed E-state index contributed by atoms with van der Waals surface area (Å²) in [5, 5.41) is 14.1. The van der Waals surface area contributed by atoms with E-state index in [1.807, 2.05) is 24.3 Å². The summed E-state index contributed by atoms with van der Waals surface area (Å²) in [7, 11) is 0. The zero-order valence-electron chi connectivity index (χ0n) is 17.2. The number of nitrogens with one attached hydrogen (secondary N) is 1. The molecule has 1 aliphatic heterocycles. The summed E-state index contributed by atoms with van der Waals surface area (Å²) in [6, 6.07) is 21.1. The number of para-hydroxylation sites is 1. The van der Waals surface area contributed by atoms with Crippen molar-refractivity contribution in [3.63, 3.8) is 0 Å². The molecular weight excluding hydrogens is 430 g/mol. The van der Waals surface area contributed by atoms with Crippen LogP contribution in [0.15, 0.2) is 72.8 Å². The number of rotatable bonds is 6. The highest BCUT2D eigenvalue weighted by atomic mass is 35.5. The lowest BCUT2D eigenvalue weighted by Gasteiger charge is -2.34. The van der Waals surface area contributed by atoms with Crippen molar-refractivity contribution in [2.75, 3.05) is 23.3 Å². The van der Waals surface area contributed by atoms with Crippen molar-refractivity contribution in [3.05, 3.63) is 99.1 Å². The Bertz CT molecular complexity index is 1100. The van der Waals surface area contributed by atoms with E-state index in [0.29, 0.717) is 17.3 Å². The SMILES string of the molecule is O=C(Nc1ccc([N+](=O)[O-])cc1)OC(CN1CCCc2ccccc21)c1ccc(Cl)cc1. The zero-order valence-corrected chi connectivity index (χ0v) is 18.0. The lowest BCUT2D eigenvalue weighted by atomic mass is 10.0. The highest BCUT2D eigenvalue weighted by molar-refractivity contribution is 6.30. The minimum atomic E-state index is -0.635. The van der Waals surface area contributed by atoms with Gasteiger partial charge < -0.3 is 9.64 Å². The molecule has 0 spiro atoms. The Morgan fingerprint density at radius 3 is 2.53 bits per heavy atom. The smallest absolute Gasteiger partial charge is 0.412 e.